The molecule has 0 amide bonds. The molecule has 0 saturated heterocycles. The molecular formula is C18H34FN3. The molecule has 0 spiro atoms. The average molecular weight is 311 g/mol. The Balaban J connectivity index is 2.68. The SMILES string of the molecule is C=C(NC[C@H](C)CC1=C(NCC)N(C)CC(CC)C1)[C@@H](C)F. The van der Waals surface area contributed by atoms with E-state index in [2.05, 4.69) is 49.9 Å². The standard InChI is InChI=1S/C18H34FN3/c1-7-16-10-17(18(20-8-2)22(6)12-16)9-13(3)11-21-15(5)14(4)19/h13-14,16,20-21H,5,7-12H2,1-4,6H3/t13-,14-,16?/m1/s1. The van der Waals surface area contributed by atoms with E-state index in [1.54, 1.807) is 0 Å². The second-order valence-corrected chi connectivity index (χ2v) is 6.67. The minimum Gasteiger partial charge on any atom is -0.386 e. The van der Waals surface area contributed by atoms with Crippen LogP contribution in [0.15, 0.2) is 23.7 Å². The van der Waals surface area contributed by atoms with Crippen LogP contribution in [-0.2, 0) is 0 Å². The summed E-state index contributed by atoms with van der Waals surface area (Å²) in [5.74, 6) is 2.50. The summed E-state index contributed by atoms with van der Waals surface area (Å²) in [6, 6.07) is 0. The number of rotatable bonds is 9. The first kappa shape index (κ1) is 18.9. The molecule has 1 unspecified atom stereocenters. The predicted octanol–water partition coefficient (Wildman–Crippen LogP) is 3.66. The third-order valence-electron chi connectivity index (χ3n) is 4.46. The van der Waals surface area contributed by atoms with Gasteiger partial charge >= 0.3 is 0 Å². The molecule has 0 aromatic rings. The van der Waals surface area contributed by atoms with Crippen LogP contribution >= 0.6 is 0 Å². The lowest BCUT2D eigenvalue weighted by molar-refractivity contribution is 0.266. The van der Waals surface area contributed by atoms with E-state index in [1.165, 1.54) is 31.2 Å². The van der Waals surface area contributed by atoms with Crippen molar-refractivity contribution in [3.63, 3.8) is 0 Å². The van der Waals surface area contributed by atoms with Crippen molar-refractivity contribution in [2.24, 2.45) is 11.8 Å². The van der Waals surface area contributed by atoms with Gasteiger partial charge in [0.25, 0.3) is 0 Å². The quantitative estimate of drug-likeness (QED) is 0.680. The lowest BCUT2D eigenvalue weighted by Gasteiger charge is -2.36. The van der Waals surface area contributed by atoms with E-state index >= 15 is 0 Å². The summed E-state index contributed by atoms with van der Waals surface area (Å²) in [4.78, 5) is 2.36. The number of alkyl halides is 1. The Kier molecular flexibility index (Phi) is 7.77. The summed E-state index contributed by atoms with van der Waals surface area (Å²) >= 11 is 0. The van der Waals surface area contributed by atoms with Crippen LogP contribution in [0.5, 0.6) is 0 Å². The smallest absolute Gasteiger partial charge is 0.136 e. The number of hydrogen-bond acceptors (Lipinski definition) is 3. The molecule has 3 atom stereocenters. The van der Waals surface area contributed by atoms with E-state index < -0.39 is 6.17 Å². The average Bonchev–Trinajstić information content (AvgIpc) is 2.47. The van der Waals surface area contributed by atoms with Gasteiger partial charge in [0.1, 0.15) is 12.0 Å². The Morgan fingerprint density at radius 2 is 2.09 bits per heavy atom. The molecule has 3 nitrogen and oxygen atoms in total. The van der Waals surface area contributed by atoms with E-state index in [0.717, 1.165) is 32.0 Å². The van der Waals surface area contributed by atoms with E-state index in [-0.39, 0.29) is 0 Å². The summed E-state index contributed by atoms with van der Waals surface area (Å²) in [7, 11) is 2.18. The number of hydrogen-bond donors (Lipinski definition) is 2. The van der Waals surface area contributed by atoms with E-state index in [4.69, 9.17) is 0 Å². The predicted molar refractivity (Wildman–Crippen MR) is 93.2 cm³/mol. The topological polar surface area (TPSA) is 27.3 Å². The van der Waals surface area contributed by atoms with Gasteiger partial charge in [-0.2, -0.15) is 0 Å². The zero-order valence-corrected chi connectivity index (χ0v) is 15.0. The molecule has 128 valence electrons. The van der Waals surface area contributed by atoms with Gasteiger partial charge in [0.15, 0.2) is 0 Å². The van der Waals surface area contributed by atoms with E-state index in [9.17, 15) is 4.39 Å². The molecule has 22 heavy (non-hydrogen) atoms. The number of nitrogens with one attached hydrogen (secondary N) is 2. The van der Waals surface area contributed by atoms with Crippen molar-refractivity contribution in [3.8, 4) is 0 Å². The van der Waals surface area contributed by atoms with Crippen LogP contribution in [0, 0.1) is 11.8 Å². The molecule has 1 aliphatic rings. The fourth-order valence-corrected chi connectivity index (χ4v) is 3.08. The summed E-state index contributed by atoms with van der Waals surface area (Å²) < 4.78 is 13.1. The second-order valence-electron chi connectivity index (χ2n) is 6.67. The van der Waals surface area contributed by atoms with Gasteiger partial charge < -0.3 is 15.5 Å². The molecule has 4 heteroatoms. The van der Waals surface area contributed by atoms with Crippen LogP contribution in [0.2, 0.25) is 0 Å². The Morgan fingerprint density at radius 1 is 1.41 bits per heavy atom. The van der Waals surface area contributed by atoms with Gasteiger partial charge in [0.2, 0.25) is 0 Å². The van der Waals surface area contributed by atoms with Crippen LogP contribution in [0.3, 0.4) is 0 Å². The third-order valence-corrected chi connectivity index (χ3v) is 4.46. The summed E-state index contributed by atoms with van der Waals surface area (Å²) in [5, 5.41) is 6.65. The Morgan fingerprint density at radius 3 is 2.64 bits per heavy atom. The molecular weight excluding hydrogens is 277 g/mol. The third kappa shape index (κ3) is 5.54. The number of halogens is 1. The Bertz CT molecular complexity index is 390. The monoisotopic (exact) mass is 311 g/mol. The first-order chi connectivity index (χ1) is 10.4. The highest BCUT2D eigenvalue weighted by Gasteiger charge is 2.24. The molecule has 1 aliphatic heterocycles. The maximum Gasteiger partial charge on any atom is 0.136 e. The lowest BCUT2D eigenvalue weighted by Crippen LogP contribution is -2.38. The van der Waals surface area contributed by atoms with Gasteiger partial charge in [0.05, 0.1) is 0 Å². The van der Waals surface area contributed by atoms with Crippen LogP contribution in [0.1, 0.15) is 47.0 Å². The fourth-order valence-electron chi connectivity index (χ4n) is 3.08. The van der Waals surface area contributed by atoms with Gasteiger partial charge in [-0.05, 0) is 44.1 Å². The second kappa shape index (κ2) is 9.06. The molecule has 0 aromatic carbocycles. The van der Waals surface area contributed by atoms with Crippen molar-refractivity contribution >= 4 is 0 Å². The highest BCUT2D eigenvalue weighted by molar-refractivity contribution is 5.16. The van der Waals surface area contributed by atoms with Crippen LogP contribution in [0.25, 0.3) is 0 Å². The van der Waals surface area contributed by atoms with Crippen molar-refractivity contribution in [2.75, 3.05) is 26.7 Å². The van der Waals surface area contributed by atoms with Crippen molar-refractivity contribution in [2.45, 2.75) is 53.1 Å². The maximum absolute atomic E-state index is 13.1. The van der Waals surface area contributed by atoms with Crippen LogP contribution < -0.4 is 10.6 Å². The highest BCUT2D eigenvalue weighted by atomic mass is 19.1. The van der Waals surface area contributed by atoms with Crippen molar-refractivity contribution in [3.05, 3.63) is 23.7 Å². The normalized spacial score (nSPS) is 21.5. The summed E-state index contributed by atoms with van der Waals surface area (Å²) in [5.41, 5.74) is 2.00. The molecule has 0 aromatic heterocycles. The molecule has 1 rings (SSSR count). The summed E-state index contributed by atoms with van der Waals surface area (Å²) in [6.07, 6.45) is 2.45. The minimum absolute atomic E-state index is 0.461. The Hall–Kier alpha value is -1.19. The number of nitrogens with zero attached hydrogens (tertiary/aromatic N) is 1. The molecule has 0 saturated carbocycles. The van der Waals surface area contributed by atoms with E-state index in [0.29, 0.717) is 11.6 Å². The molecule has 0 aliphatic carbocycles. The number of allylic oxidation sites excluding steroid dienone is 2. The van der Waals surface area contributed by atoms with Gasteiger partial charge in [-0.15, -0.1) is 0 Å². The molecule has 0 radical (unpaired) electrons. The fraction of sp³-hybridized carbons (Fsp3) is 0.778. The van der Waals surface area contributed by atoms with Gasteiger partial charge in [0, 0.05) is 32.4 Å². The van der Waals surface area contributed by atoms with Crippen molar-refractivity contribution < 1.29 is 4.39 Å². The Labute approximate surface area is 136 Å². The lowest BCUT2D eigenvalue weighted by atomic mass is 9.87. The summed E-state index contributed by atoms with van der Waals surface area (Å²) in [6.45, 7) is 14.7. The highest BCUT2D eigenvalue weighted by Crippen LogP contribution is 2.30. The zero-order valence-electron chi connectivity index (χ0n) is 15.0. The van der Waals surface area contributed by atoms with Crippen LogP contribution in [-0.4, -0.2) is 37.8 Å². The first-order valence-corrected chi connectivity index (χ1v) is 8.62. The molecule has 0 bridgehead atoms. The zero-order chi connectivity index (χ0) is 16.7. The minimum atomic E-state index is -0.992. The van der Waals surface area contributed by atoms with E-state index in [1.807, 2.05) is 0 Å². The first-order valence-electron chi connectivity index (χ1n) is 8.62. The van der Waals surface area contributed by atoms with Crippen molar-refractivity contribution in [1.82, 2.24) is 15.5 Å². The van der Waals surface area contributed by atoms with Gasteiger partial charge in [-0.25, -0.2) is 4.39 Å². The van der Waals surface area contributed by atoms with Crippen molar-refractivity contribution in [1.29, 1.82) is 0 Å². The molecule has 1 heterocycles. The molecule has 2 N–H and O–H groups in total. The largest absolute Gasteiger partial charge is 0.386 e. The van der Waals surface area contributed by atoms with Gasteiger partial charge in [-0.1, -0.05) is 26.8 Å². The van der Waals surface area contributed by atoms with Gasteiger partial charge in [-0.3, -0.25) is 0 Å². The van der Waals surface area contributed by atoms with Crippen LogP contribution in [0.4, 0.5) is 4.39 Å². The molecule has 0 fully saturated rings. The maximum atomic E-state index is 13.1.